The second kappa shape index (κ2) is 7.31. The lowest BCUT2D eigenvalue weighted by molar-refractivity contribution is -0.132. The molecule has 28 heavy (non-hydrogen) atoms. The van der Waals surface area contributed by atoms with E-state index in [9.17, 15) is 15.0 Å². The van der Waals surface area contributed by atoms with Gasteiger partial charge in [-0.25, -0.2) is 4.79 Å². The van der Waals surface area contributed by atoms with Crippen molar-refractivity contribution in [1.82, 2.24) is 4.57 Å². The number of carbonyl (C=O) groups is 1. The van der Waals surface area contributed by atoms with Crippen molar-refractivity contribution in [2.24, 2.45) is 7.05 Å². The van der Waals surface area contributed by atoms with Crippen LogP contribution >= 0.6 is 0 Å². The number of carboxylic acid groups (broad SMARTS) is 1. The Bertz CT molecular complexity index is 1110. The number of fused-ring (bicyclic) bond motifs is 1. The smallest absolute Gasteiger partial charge is 0.331 e. The van der Waals surface area contributed by atoms with E-state index in [1.807, 2.05) is 42.8 Å². The molecule has 1 aromatic heterocycles. The quantitative estimate of drug-likeness (QED) is 0.642. The molecule has 0 aliphatic carbocycles. The number of aromatic nitrogens is 1. The van der Waals surface area contributed by atoms with E-state index in [1.54, 1.807) is 19.3 Å². The summed E-state index contributed by atoms with van der Waals surface area (Å²) in [7, 11) is 4.98. The van der Waals surface area contributed by atoms with E-state index >= 15 is 0 Å². The summed E-state index contributed by atoms with van der Waals surface area (Å²) in [5.41, 5.74) is 4.28. The summed E-state index contributed by atoms with van der Waals surface area (Å²) in [6, 6.07) is 9.32. The minimum absolute atomic E-state index is 0.0323. The number of aromatic hydroxyl groups is 1. The van der Waals surface area contributed by atoms with Crippen LogP contribution in [0.1, 0.15) is 18.1 Å². The molecule has 3 rings (SSSR count). The zero-order valence-corrected chi connectivity index (χ0v) is 16.5. The fraction of sp³-hybridized carbons (Fsp3) is 0.227. The van der Waals surface area contributed by atoms with Crippen molar-refractivity contribution < 1.29 is 24.5 Å². The van der Waals surface area contributed by atoms with Gasteiger partial charge in [0.05, 0.1) is 25.4 Å². The van der Waals surface area contributed by atoms with Crippen LogP contribution in [0.5, 0.6) is 17.2 Å². The number of methoxy groups -OCH3 is 2. The second-order valence-electron chi connectivity index (χ2n) is 6.64. The van der Waals surface area contributed by atoms with Gasteiger partial charge < -0.3 is 24.3 Å². The maximum Gasteiger partial charge on any atom is 0.331 e. The highest BCUT2D eigenvalue weighted by molar-refractivity contribution is 6.04. The Balaban J connectivity index is 2.42. The first-order valence-electron chi connectivity index (χ1n) is 8.75. The number of benzene rings is 2. The Morgan fingerprint density at radius 1 is 1.18 bits per heavy atom. The van der Waals surface area contributed by atoms with Crippen molar-refractivity contribution in [3.63, 3.8) is 0 Å². The van der Waals surface area contributed by atoms with Crippen molar-refractivity contribution in [2.45, 2.75) is 13.8 Å². The van der Waals surface area contributed by atoms with E-state index < -0.39 is 5.97 Å². The number of ether oxygens (including phenoxy) is 2. The molecule has 0 saturated heterocycles. The number of phenolic OH excluding ortho intramolecular Hbond substituents is 1. The number of carboxylic acids is 1. The number of phenols is 1. The van der Waals surface area contributed by atoms with Gasteiger partial charge in [0, 0.05) is 29.1 Å². The summed E-state index contributed by atoms with van der Waals surface area (Å²) in [5.74, 6) is 0.0534. The van der Waals surface area contributed by atoms with Gasteiger partial charge >= 0.3 is 5.97 Å². The fourth-order valence-corrected chi connectivity index (χ4v) is 3.60. The molecule has 146 valence electrons. The average Bonchev–Trinajstić information content (AvgIpc) is 2.95. The van der Waals surface area contributed by atoms with Crippen LogP contribution < -0.4 is 9.47 Å². The third-order valence-electron chi connectivity index (χ3n) is 4.94. The fourth-order valence-electron chi connectivity index (χ4n) is 3.60. The summed E-state index contributed by atoms with van der Waals surface area (Å²) in [4.78, 5) is 11.3. The van der Waals surface area contributed by atoms with Gasteiger partial charge in [-0.3, -0.25) is 0 Å². The zero-order valence-electron chi connectivity index (χ0n) is 16.5. The largest absolute Gasteiger partial charge is 0.504 e. The predicted molar refractivity (Wildman–Crippen MR) is 109 cm³/mol. The molecule has 6 nitrogen and oxygen atoms in total. The number of aryl methyl sites for hydroxylation is 2. The number of nitrogens with zero attached hydrogens (tertiary/aromatic N) is 1. The van der Waals surface area contributed by atoms with E-state index in [0.717, 1.165) is 28.1 Å². The van der Waals surface area contributed by atoms with Gasteiger partial charge in [-0.2, -0.15) is 0 Å². The second-order valence-corrected chi connectivity index (χ2v) is 6.64. The number of hydrogen-bond acceptors (Lipinski definition) is 4. The van der Waals surface area contributed by atoms with Crippen molar-refractivity contribution in [1.29, 1.82) is 0 Å². The molecule has 0 bridgehead atoms. The van der Waals surface area contributed by atoms with Crippen LogP contribution in [0.4, 0.5) is 0 Å². The van der Waals surface area contributed by atoms with Crippen LogP contribution in [0.3, 0.4) is 0 Å². The highest BCUT2D eigenvalue weighted by Crippen LogP contribution is 2.44. The SMILES string of the molecule is COc1cccc(-c2c(C)c3c(O)c(OC)cc(/C=C(\C)C(=O)O)c3n2C)c1. The van der Waals surface area contributed by atoms with Crippen molar-refractivity contribution >= 4 is 22.9 Å². The number of hydrogen-bond donors (Lipinski definition) is 2. The molecule has 0 radical (unpaired) electrons. The van der Waals surface area contributed by atoms with Crippen LogP contribution in [-0.4, -0.2) is 35.0 Å². The maximum absolute atomic E-state index is 11.3. The normalized spacial score (nSPS) is 11.7. The van der Waals surface area contributed by atoms with Gasteiger partial charge in [0.25, 0.3) is 0 Å². The lowest BCUT2D eigenvalue weighted by Gasteiger charge is -2.10. The van der Waals surface area contributed by atoms with E-state index in [4.69, 9.17) is 9.47 Å². The Kier molecular flexibility index (Phi) is 5.05. The molecule has 0 amide bonds. The topological polar surface area (TPSA) is 80.9 Å². The van der Waals surface area contributed by atoms with Crippen LogP contribution in [0.15, 0.2) is 35.9 Å². The van der Waals surface area contributed by atoms with Gasteiger partial charge in [0.15, 0.2) is 11.5 Å². The van der Waals surface area contributed by atoms with E-state index in [1.165, 1.54) is 14.0 Å². The molecule has 1 heterocycles. The minimum atomic E-state index is -1.00. The molecular weight excluding hydrogens is 358 g/mol. The maximum atomic E-state index is 11.3. The third-order valence-corrected chi connectivity index (χ3v) is 4.94. The Labute approximate surface area is 163 Å². The summed E-state index contributed by atoms with van der Waals surface area (Å²) in [6.45, 7) is 3.46. The van der Waals surface area contributed by atoms with Crippen molar-refractivity contribution in [2.75, 3.05) is 14.2 Å². The van der Waals surface area contributed by atoms with Gasteiger partial charge in [-0.15, -0.1) is 0 Å². The molecule has 3 aromatic rings. The molecule has 0 aliphatic heterocycles. The molecule has 2 aromatic carbocycles. The number of aliphatic carboxylic acids is 1. The monoisotopic (exact) mass is 381 g/mol. The Hall–Kier alpha value is -3.41. The summed E-state index contributed by atoms with van der Waals surface area (Å²) in [5, 5.41) is 20.7. The average molecular weight is 381 g/mol. The molecular formula is C22H23NO5. The minimum Gasteiger partial charge on any atom is -0.504 e. The summed E-state index contributed by atoms with van der Waals surface area (Å²) >= 11 is 0. The summed E-state index contributed by atoms with van der Waals surface area (Å²) in [6.07, 6.45) is 1.58. The molecule has 6 heteroatoms. The first-order valence-corrected chi connectivity index (χ1v) is 8.75. The first-order chi connectivity index (χ1) is 13.3. The third kappa shape index (κ3) is 3.07. The van der Waals surface area contributed by atoms with Crippen LogP contribution in [0, 0.1) is 6.92 Å². The first kappa shape index (κ1) is 19.4. The molecule has 0 aliphatic rings. The van der Waals surface area contributed by atoms with E-state index in [0.29, 0.717) is 16.7 Å². The number of rotatable bonds is 5. The molecule has 0 atom stereocenters. The summed E-state index contributed by atoms with van der Waals surface area (Å²) < 4.78 is 12.6. The highest BCUT2D eigenvalue weighted by atomic mass is 16.5. The molecule has 0 fully saturated rings. The zero-order chi connectivity index (χ0) is 20.6. The van der Waals surface area contributed by atoms with Gasteiger partial charge in [0.2, 0.25) is 0 Å². The molecule has 2 N–H and O–H groups in total. The van der Waals surface area contributed by atoms with Crippen molar-refractivity contribution in [3.8, 4) is 28.5 Å². The molecule has 0 spiro atoms. The van der Waals surface area contributed by atoms with Gasteiger partial charge in [0.1, 0.15) is 5.75 Å². The van der Waals surface area contributed by atoms with Crippen LogP contribution in [-0.2, 0) is 11.8 Å². The Morgan fingerprint density at radius 2 is 1.89 bits per heavy atom. The lowest BCUT2D eigenvalue weighted by Crippen LogP contribution is -1.98. The van der Waals surface area contributed by atoms with Crippen molar-refractivity contribution in [3.05, 3.63) is 47.0 Å². The highest BCUT2D eigenvalue weighted by Gasteiger charge is 2.22. The van der Waals surface area contributed by atoms with Gasteiger partial charge in [-0.1, -0.05) is 12.1 Å². The standard InChI is InChI=1S/C22H23NO5/c1-12(22(25)26)9-15-11-17(28-5)21(24)18-13(2)19(23(3)20(15)18)14-7-6-8-16(10-14)27-4/h6-11,24H,1-5H3,(H,25,26)/b12-9+. The molecule has 0 saturated carbocycles. The van der Waals surface area contributed by atoms with Crippen LogP contribution in [0.2, 0.25) is 0 Å². The van der Waals surface area contributed by atoms with E-state index in [-0.39, 0.29) is 11.3 Å². The Morgan fingerprint density at radius 3 is 2.50 bits per heavy atom. The molecule has 0 unspecified atom stereocenters. The van der Waals surface area contributed by atoms with Crippen LogP contribution in [0.25, 0.3) is 28.2 Å². The van der Waals surface area contributed by atoms with E-state index in [2.05, 4.69) is 0 Å². The van der Waals surface area contributed by atoms with Gasteiger partial charge in [-0.05, 0) is 43.7 Å². The predicted octanol–water partition coefficient (Wildman–Crippen LogP) is 4.36. The lowest BCUT2D eigenvalue weighted by atomic mass is 10.0.